The molecule has 4 unspecified atom stereocenters. The summed E-state index contributed by atoms with van der Waals surface area (Å²) in [6.07, 6.45) is 2.09. The van der Waals surface area contributed by atoms with Crippen LogP contribution in [0.5, 0.6) is 0 Å². The van der Waals surface area contributed by atoms with E-state index in [1.54, 1.807) is 6.20 Å². The Balaban J connectivity index is 1.21. The van der Waals surface area contributed by atoms with Crippen molar-refractivity contribution in [3.05, 3.63) is 89.1 Å². The maximum absolute atomic E-state index is 13.4. The molecule has 3 aromatic rings. The van der Waals surface area contributed by atoms with Crippen molar-refractivity contribution in [3.8, 4) is 0 Å². The van der Waals surface area contributed by atoms with Gasteiger partial charge in [-0.2, -0.15) is 0 Å². The van der Waals surface area contributed by atoms with Gasteiger partial charge in [0.15, 0.2) is 0 Å². The maximum Gasteiger partial charge on any atom is 0.238 e. The van der Waals surface area contributed by atoms with Gasteiger partial charge >= 0.3 is 0 Å². The topological polar surface area (TPSA) is 97.8 Å². The zero-order valence-corrected chi connectivity index (χ0v) is 22.6. The van der Waals surface area contributed by atoms with E-state index in [0.717, 1.165) is 28.8 Å². The molecule has 0 bridgehead atoms. The lowest BCUT2D eigenvalue weighted by Gasteiger charge is -2.49. The van der Waals surface area contributed by atoms with Crippen LogP contribution in [0.4, 0.5) is 11.5 Å². The lowest BCUT2D eigenvalue weighted by molar-refractivity contribution is -0.144. The molecule has 2 amide bonds. The highest BCUT2D eigenvalue weighted by atomic mass is 16.3. The number of carbonyl (C=O) groups is 2. The van der Waals surface area contributed by atoms with Crippen molar-refractivity contribution < 1.29 is 14.7 Å². The molecule has 3 aliphatic rings. The molecule has 4 atom stereocenters. The average molecular weight is 526 g/mol. The summed E-state index contributed by atoms with van der Waals surface area (Å²) in [6.45, 7) is 4.99. The molecule has 0 radical (unpaired) electrons. The third-order valence-electron chi connectivity index (χ3n) is 8.67. The van der Waals surface area contributed by atoms with Crippen LogP contribution in [-0.2, 0) is 27.8 Å². The lowest BCUT2D eigenvalue weighted by atomic mass is 9.79. The fourth-order valence-electron chi connectivity index (χ4n) is 6.85. The quantitative estimate of drug-likeness (QED) is 0.473. The van der Waals surface area contributed by atoms with Gasteiger partial charge in [0.05, 0.1) is 24.0 Å². The number of fused-ring (bicyclic) bond motifs is 3. The van der Waals surface area contributed by atoms with Gasteiger partial charge in [0.1, 0.15) is 12.0 Å². The number of rotatable bonds is 5. The number of hydrogen-bond acceptors (Lipinski definition) is 6. The van der Waals surface area contributed by atoms with E-state index in [9.17, 15) is 14.7 Å². The number of anilines is 2. The van der Waals surface area contributed by atoms with Gasteiger partial charge in [-0.1, -0.05) is 56.3 Å². The predicted octanol–water partition coefficient (Wildman–Crippen LogP) is 3.34. The standard InChI is InChI=1S/C31H35N5O3/c1-19(2)27-29(38)36(25(17-35(27)3)20-8-5-4-6-9-20)18-26(37)33-23-12-11-21-15-31(16-22(21)14-23)24-10-7-13-32-28(24)34-30(31)39/h4-14,19,25,27,29,38H,15-18H2,1-3H3,(H,33,37)(H,32,34,39). The molecule has 1 aliphatic carbocycles. The molecule has 1 saturated heterocycles. The van der Waals surface area contributed by atoms with Gasteiger partial charge in [0.2, 0.25) is 11.8 Å². The summed E-state index contributed by atoms with van der Waals surface area (Å²) in [5.41, 5.74) is 4.23. The molecule has 2 aromatic carbocycles. The molecule has 8 nitrogen and oxygen atoms in total. The fourth-order valence-corrected chi connectivity index (χ4v) is 6.85. The lowest BCUT2D eigenvalue weighted by Crippen LogP contribution is -2.62. The molecule has 1 aromatic heterocycles. The highest BCUT2D eigenvalue weighted by Crippen LogP contribution is 2.47. The Labute approximate surface area is 229 Å². The number of aliphatic hydroxyl groups is 1. The normalized spacial score (nSPS) is 26.5. The zero-order valence-electron chi connectivity index (χ0n) is 22.6. The third-order valence-corrected chi connectivity index (χ3v) is 8.67. The average Bonchev–Trinajstić information content (AvgIpc) is 3.43. The first-order valence-electron chi connectivity index (χ1n) is 13.6. The highest BCUT2D eigenvalue weighted by molar-refractivity contribution is 6.06. The van der Waals surface area contributed by atoms with Gasteiger partial charge in [0.25, 0.3) is 0 Å². The Bertz CT molecular complexity index is 1410. The number of nitrogens with one attached hydrogen (secondary N) is 2. The maximum atomic E-state index is 13.4. The Morgan fingerprint density at radius 2 is 1.90 bits per heavy atom. The van der Waals surface area contributed by atoms with Gasteiger partial charge in [-0.15, -0.1) is 0 Å². The van der Waals surface area contributed by atoms with E-state index in [0.29, 0.717) is 24.3 Å². The number of aliphatic hydroxyl groups excluding tert-OH is 1. The molecular formula is C31H35N5O3. The molecule has 1 fully saturated rings. The summed E-state index contributed by atoms with van der Waals surface area (Å²) in [6, 6.07) is 19.6. The van der Waals surface area contributed by atoms with Crippen LogP contribution in [0.1, 0.15) is 42.1 Å². The minimum atomic E-state index is -0.783. The van der Waals surface area contributed by atoms with E-state index in [2.05, 4.69) is 46.5 Å². The largest absolute Gasteiger partial charge is 0.377 e. The van der Waals surface area contributed by atoms with E-state index in [4.69, 9.17) is 0 Å². The number of pyridine rings is 1. The number of benzene rings is 2. The first kappa shape index (κ1) is 25.7. The van der Waals surface area contributed by atoms with Gasteiger partial charge in [-0.05, 0) is 60.7 Å². The number of likely N-dealkylation sites (N-methyl/N-ethyl adjacent to an activating group) is 1. The van der Waals surface area contributed by atoms with E-state index in [1.165, 1.54) is 0 Å². The first-order chi connectivity index (χ1) is 18.8. The molecular weight excluding hydrogens is 490 g/mol. The summed E-state index contributed by atoms with van der Waals surface area (Å²) in [7, 11) is 2.04. The summed E-state index contributed by atoms with van der Waals surface area (Å²) in [5, 5.41) is 17.4. The molecule has 6 rings (SSSR count). The van der Waals surface area contributed by atoms with E-state index in [-0.39, 0.29) is 36.4 Å². The molecule has 2 aliphatic heterocycles. The van der Waals surface area contributed by atoms with Crippen LogP contribution in [0.2, 0.25) is 0 Å². The second kappa shape index (κ2) is 9.86. The molecule has 8 heteroatoms. The van der Waals surface area contributed by atoms with Crippen molar-refractivity contribution in [1.29, 1.82) is 0 Å². The Morgan fingerprint density at radius 3 is 2.67 bits per heavy atom. The van der Waals surface area contributed by atoms with E-state index >= 15 is 0 Å². The van der Waals surface area contributed by atoms with Crippen molar-refractivity contribution in [2.24, 2.45) is 5.92 Å². The van der Waals surface area contributed by atoms with E-state index < -0.39 is 11.6 Å². The number of nitrogens with zero attached hydrogens (tertiary/aromatic N) is 3. The number of hydrogen-bond donors (Lipinski definition) is 3. The van der Waals surface area contributed by atoms with Gasteiger partial charge in [-0.3, -0.25) is 19.4 Å². The summed E-state index contributed by atoms with van der Waals surface area (Å²) in [5.74, 6) is 0.670. The monoisotopic (exact) mass is 525 g/mol. The van der Waals surface area contributed by atoms with Crippen molar-refractivity contribution >= 4 is 23.3 Å². The van der Waals surface area contributed by atoms with E-state index in [1.807, 2.05) is 60.5 Å². The van der Waals surface area contributed by atoms with Crippen molar-refractivity contribution in [2.45, 2.75) is 50.4 Å². The highest BCUT2D eigenvalue weighted by Gasteiger charge is 2.51. The van der Waals surface area contributed by atoms with Crippen LogP contribution in [-0.4, -0.2) is 64.1 Å². The van der Waals surface area contributed by atoms with Crippen LogP contribution in [0.15, 0.2) is 66.9 Å². The minimum absolute atomic E-state index is 0.0197. The number of amides is 2. The Morgan fingerprint density at radius 1 is 1.13 bits per heavy atom. The summed E-state index contributed by atoms with van der Waals surface area (Å²) >= 11 is 0. The number of aromatic nitrogens is 1. The Kier molecular flexibility index (Phi) is 6.49. The zero-order chi connectivity index (χ0) is 27.3. The van der Waals surface area contributed by atoms with Crippen LogP contribution in [0, 0.1) is 5.92 Å². The molecule has 202 valence electrons. The van der Waals surface area contributed by atoms with Gasteiger partial charge < -0.3 is 15.7 Å². The van der Waals surface area contributed by atoms with Crippen molar-refractivity contribution in [2.75, 3.05) is 30.8 Å². The van der Waals surface area contributed by atoms with Gasteiger partial charge in [0, 0.05) is 24.0 Å². The fraction of sp³-hybridized carbons (Fsp3) is 0.387. The minimum Gasteiger partial charge on any atom is -0.377 e. The summed E-state index contributed by atoms with van der Waals surface area (Å²) in [4.78, 5) is 34.9. The van der Waals surface area contributed by atoms with Crippen molar-refractivity contribution in [1.82, 2.24) is 14.8 Å². The SMILES string of the molecule is CC(C)C1C(O)N(CC(=O)Nc2ccc3c(c2)CC2(C3)C(=O)Nc3ncccc32)C(c2ccccc2)CN1C. The van der Waals surface area contributed by atoms with Crippen LogP contribution < -0.4 is 10.6 Å². The van der Waals surface area contributed by atoms with Crippen LogP contribution in [0.25, 0.3) is 0 Å². The smallest absolute Gasteiger partial charge is 0.238 e. The summed E-state index contributed by atoms with van der Waals surface area (Å²) < 4.78 is 0. The predicted molar refractivity (Wildman–Crippen MR) is 150 cm³/mol. The number of carbonyl (C=O) groups excluding carboxylic acids is 2. The van der Waals surface area contributed by atoms with Gasteiger partial charge in [-0.25, -0.2) is 4.98 Å². The molecule has 3 heterocycles. The van der Waals surface area contributed by atoms with Crippen LogP contribution >= 0.6 is 0 Å². The number of piperazine rings is 1. The molecule has 1 spiro atoms. The molecule has 0 saturated carbocycles. The van der Waals surface area contributed by atoms with Crippen molar-refractivity contribution in [3.63, 3.8) is 0 Å². The second-order valence-corrected chi connectivity index (χ2v) is 11.5. The molecule has 39 heavy (non-hydrogen) atoms. The Hall–Kier alpha value is -3.59. The first-order valence-corrected chi connectivity index (χ1v) is 13.6. The second-order valence-electron chi connectivity index (χ2n) is 11.5. The van der Waals surface area contributed by atoms with Crippen LogP contribution in [0.3, 0.4) is 0 Å². The molecule has 3 N–H and O–H groups in total. The third kappa shape index (κ3) is 4.42.